The second-order valence-corrected chi connectivity index (χ2v) is 5.58. The lowest BCUT2D eigenvalue weighted by molar-refractivity contribution is -0.118. The molecule has 1 fully saturated rings. The molecule has 1 aromatic heterocycles. The molecule has 1 amide bonds. The average molecular weight is 240 g/mol. The van der Waals surface area contributed by atoms with Gasteiger partial charge >= 0.3 is 0 Å². The first-order chi connectivity index (χ1) is 7.60. The fraction of sp³-hybridized carbons (Fsp3) is 0.455. The number of hydrogen-bond acceptors (Lipinski definition) is 3. The molecule has 2 rings (SSSR count). The summed E-state index contributed by atoms with van der Waals surface area (Å²) in [4.78, 5) is 15.6. The Morgan fingerprint density at radius 3 is 3.06 bits per heavy atom. The number of halogens is 1. The maximum Gasteiger partial charge on any atom is 0.241 e. The highest BCUT2D eigenvalue weighted by Gasteiger charge is 2.37. The fourth-order valence-electron chi connectivity index (χ4n) is 1.68. The van der Waals surface area contributed by atoms with Gasteiger partial charge in [-0.3, -0.25) is 4.79 Å². The van der Waals surface area contributed by atoms with Crippen molar-refractivity contribution in [3.63, 3.8) is 0 Å². The van der Waals surface area contributed by atoms with E-state index in [9.17, 15) is 9.18 Å². The summed E-state index contributed by atoms with van der Waals surface area (Å²) >= 11 is 1.64. The Morgan fingerprint density at radius 1 is 1.62 bits per heavy atom. The van der Waals surface area contributed by atoms with Crippen LogP contribution in [0.1, 0.15) is 19.8 Å². The Bertz CT molecular complexity index is 405. The van der Waals surface area contributed by atoms with Crippen molar-refractivity contribution in [2.24, 2.45) is 0 Å². The number of thioether (sulfide) groups is 1. The van der Waals surface area contributed by atoms with Crippen LogP contribution in [0.4, 0.5) is 10.2 Å². The number of aromatic nitrogens is 1. The van der Waals surface area contributed by atoms with Crippen molar-refractivity contribution in [2.45, 2.75) is 24.5 Å². The second-order valence-electron chi connectivity index (χ2n) is 3.98. The quantitative estimate of drug-likeness (QED) is 0.807. The third kappa shape index (κ3) is 2.35. The molecule has 1 N–H and O–H groups in total. The maximum absolute atomic E-state index is 12.8. The molecule has 86 valence electrons. The number of nitrogens with one attached hydrogen (secondary N) is 1. The zero-order chi connectivity index (χ0) is 11.6. The van der Waals surface area contributed by atoms with E-state index in [2.05, 4.69) is 10.3 Å². The average Bonchev–Trinajstić information content (AvgIpc) is 2.66. The van der Waals surface area contributed by atoms with Gasteiger partial charge in [0, 0.05) is 0 Å². The third-order valence-corrected chi connectivity index (χ3v) is 4.18. The summed E-state index contributed by atoms with van der Waals surface area (Å²) in [6, 6.07) is 4.37. The number of carbonyl (C=O) groups is 1. The van der Waals surface area contributed by atoms with Crippen LogP contribution in [0.5, 0.6) is 0 Å². The summed E-state index contributed by atoms with van der Waals surface area (Å²) in [7, 11) is 0. The van der Waals surface area contributed by atoms with Crippen molar-refractivity contribution in [1.29, 1.82) is 0 Å². The topological polar surface area (TPSA) is 42.0 Å². The molecule has 2 heterocycles. The lowest BCUT2D eigenvalue weighted by Gasteiger charge is -2.20. The van der Waals surface area contributed by atoms with Crippen LogP contribution in [0.2, 0.25) is 0 Å². The SMILES string of the molecule is CC1(C(=O)Nc2cccc(F)n2)CCCS1. The zero-order valence-electron chi connectivity index (χ0n) is 9.00. The van der Waals surface area contributed by atoms with E-state index in [0.29, 0.717) is 0 Å². The molecule has 0 saturated carbocycles. The van der Waals surface area contributed by atoms with E-state index in [-0.39, 0.29) is 11.7 Å². The first-order valence-electron chi connectivity index (χ1n) is 5.18. The molecule has 1 saturated heterocycles. The number of carbonyl (C=O) groups excluding carboxylic acids is 1. The number of rotatable bonds is 2. The van der Waals surface area contributed by atoms with Gasteiger partial charge in [0.05, 0.1) is 4.75 Å². The van der Waals surface area contributed by atoms with Crippen molar-refractivity contribution in [3.8, 4) is 0 Å². The van der Waals surface area contributed by atoms with Crippen molar-refractivity contribution in [1.82, 2.24) is 4.98 Å². The predicted octanol–water partition coefficient (Wildman–Crippen LogP) is 2.44. The molecule has 1 aliphatic rings. The van der Waals surface area contributed by atoms with Gasteiger partial charge in [0.2, 0.25) is 11.9 Å². The molecule has 0 aromatic carbocycles. The summed E-state index contributed by atoms with van der Waals surface area (Å²) in [5, 5.41) is 2.65. The predicted molar refractivity (Wildman–Crippen MR) is 62.9 cm³/mol. The first kappa shape index (κ1) is 11.4. The van der Waals surface area contributed by atoms with E-state index in [1.165, 1.54) is 12.1 Å². The minimum atomic E-state index is -0.581. The largest absolute Gasteiger partial charge is 0.309 e. The molecule has 0 aliphatic carbocycles. The van der Waals surface area contributed by atoms with E-state index >= 15 is 0 Å². The summed E-state index contributed by atoms with van der Waals surface area (Å²) in [6.07, 6.45) is 1.91. The highest BCUT2D eigenvalue weighted by molar-refractivity contribution is 8.01. The van der Waals surface area contributed by atoms with Gasteiger partial charge in [-0.2, -0.15) is 4.39 Å². The molecule has 1 aliphatic heterocycles. The van der Waals surface area contributed by atoms with Gasteiger partial charge in [-0.05, 0) is 37.7 Å². The summed E-state index contributed by atoms with van der Waals surface area (Å²) in [5.74, 6) is 0.606. The lowest BCUT2D eigenvalue weighted by atomic mass is 10.1. The Kier molecular flexibility index (Phi) is 3.14. The molecule has 16 heavy (non-hydrogen) atoms. The van der Waals surface area contributed by atoms with Gasteiger partial charge < -0.3 is 5.32 Å². The van der Waals surface area contributed by atoms with Crippen LogP contribution in [0.25, 0.3) is 0 Å². The third-order valence-electron chi connectivity index (χ3n) is 2.66. The van der Waals surface area contributed by atoms with Crippen molar-refractivity contribution in [2.75, 3.05) is 11.1 Å². The van der Waals surface area contributed by atoms with E-state index in [1.54, 1.807) is 17.8 Å². The molecular weight excluding hydrogens is 227 g/mol. The minimum Gasteiger partial charge on any atom is -0.309 e. The van der Waals surface area contributed by atoms with Gasteiger partial charge in [0.1, 0.15) is 5.82 Å². The molecule has 5 heteroatoms. The molecule has 3 nitrogen and oxygen atoms in total. The minimum absolute atomic E-state index is 0.0897. The van der Waals surface area contributed by atoms with Gasteiger partial charge in [0.15, 0.2) is 0 Å². The molecule has 0 radical (unpaired) electrons. The van der Waals surface area contributed by atoms with E-state index in [1.807, 2.05) is 6.92 Å². The Labute approximate surface area is 97.8 Å². The van der Waals surface area contributed by atoms with Crippen LogP contribution in [0.15, 0.2) is 18.2 Å². The van der Waals surface area contributed by atoms with E-state index in [4.69, 9.17) is 0 Å². The molecule has 1 aromatic rings. The smallest absolute Gasteiger partial charge is 0.241 e. The Hall–Kier alpha value is -1.10. The van der Waals surface area contributed by atoms with Crippen LogP contribution in [0, 0.1) is 5.95 Å². The normalized spacial score (nSPS) is 24.4. The molecular formula is C11H13FN2OS. The van der Waals surface area contributed by atoms with Gasteiger partial charge in [-0.25, -0.2) is 4.98 Å². The first-order valence-corrected chi connectivity index (χ1v) is 6.17. The van der Waals surface area contributed by atoms with Crippen LogP contribution in [-0.4, -0.2) is 21.4 Å². The number of pyridine rings is 1. The lowest BCUT2D eigenvalue weighted by Crippen LogP contribution is -2.34. The molecule has 0 spiro atoms. The van der Waals surface area contributed by atoms with Gasteiger partial charge in [-0.15, -0.1) is 11.8 Å². The second kappa shape index (κ2) is 4.41. The summed E-state index contributed by atoms with van der Waals surface area (Å²) in [5.41, 5.74) is 0. The fourth-order valence-corrected chi connectivity index (χ4v) is 2.89. The van der Waals surface area contributed by atoms with Gasteiger partial charge in [0.25, 0.3) is 0 Å². The van der Waals surface area contributed by atoms with Crippen LogP contribution < -0.4 is 5.32 Å². The monoisotopic (exact) mass is 240 g/mol. The van der Waals surface area contributed by atoms with Crippen LogP contribution in [-0.2, 0) is 4.79 Å². The highest BCUT2D eigenvalue weighted by Crippen LogP contribution is 2.38. The van der Waals surface area contributed by atoms with Crippen LogP contribution in [0.3, 0.4) is 0 Å². The Morgan fingerprint density at radius 2 is 2.44 bits per heavy atom. The van der Waals surface area contributed by atoms with Crippen molar-refractivity contribution in [3.05, 3.63) is 24.1 Å². The maximum atomic E-state index is 12.8. The summed E-state index contributed by atoms with van der Waals surface area (Å²) < 4.78 is 12.4. The van der Waals surface area contributed by atoms with Gasteiger partial charge in [-0.1, -0.05) is 6.07 Å². The molecule has 1 unspecified atom stereocenters. The van der Waals surface area contributed by atoms with Crippen LogP contribution >= 0.6 is 11.8 Å². The van der Waals surface area contributed by atoms with E-state index in [0.717, 1.165) is 18.6 Å². The number of nitrogens with zero attached hydrogens (tertiary/aromatic N) is 1. The number of anilines is 1. The van der Waals surface area contributed by atoms with E-state index < -0.39 is 10.7 Å². The summed E-state index contributed by atoms with van der Waals surface area (Å²) in [6.45, 7) is 1.92. The molecule has 1 atom stereocenters. The van der Waals surface area contributed by atoms with Crippen molar-refractivity contribution < 1.29 is 9.18 Å². The van der Waals surface area contributed by atoms with Crippen molar-refractivity contribution >= 4 is 23.5 Å². The molecule has 0 bridgehead atoms. The Balaban J connectivity index is 2.07. The highest BCUT2D eigenvalue weighted by atomic mass is 32.2. The number of hydrogen-bond donors (Lipinski definition) is 1. The number of amides is 1. The zero-order valence-corrected chi connectivity index (χ0v) is 9.81. The standard InChI is InChI=1S/C11H13FN2OS/c1-11(6-3-7-16-11)10(15)14-9-5-2-4-8(12)13-9/h2,4-5H,3,6-7H2,1H3,(H,13,14,15).